The molecule has 0 unspecified atom stereocenters. The van der Waals surface area contributed by atoms with Crippen LogP contribution in [-0.2, 0) is 4.79 Å². The number of hydrogen-bond acceptors (Lipinski definition) is 2. The molecule has 0 radical (unpaired) electrons. The number of rotatable bonds is 0. The second-order valence-electron chi connectivity index (χ2n) is 5.54. The zero-order chi connectivity index (χ0) is 11.1. The Kier molecular flexibility index (Phi) is 3.97. The Morgan fingerprint density at radius 1 is 1.20 bits per heavy atom. The predicted octanol–water partition coefficient (Wildman–Crippen LogP) is 2.18. The minimum absolute atomic E-state index is 0. The number of likely N-dealkylation sites (tertiary alicyclic amines) is 1. The fourth-order valence-corrected chi connectivity index (χ4v) is 3.08. The third-order valence-electron chi connectivity index (χ3n) is 3.00. The van der Waals surface area contributed by atoms with Gasteiger partial charge in [-0.15, -0.1) is 0 Å². The molecule has 3 heteroatoms. The second kappa shape index (κ2) is 4.12. The quantitative estimate of drug-likeness (QED) is 0.673. The molecule has 1 amide bonds. The molecule has 1 N–H and O–H groups in total. The maximum atomic E-state index is 11.6. The van der Waals surface area contributed by atoms with Gasteiger partial charge in [0.25, 0.3) is 0 Å². The molecule has 1 fully saturated rings. The largest absolute Gasteiger partial charge is 0.393 e. The highest BCUT2D eigenvalue weighted by molar-refractivity contribution is 5.75. The van der Waals surface area contributed by atoms with Crippen molar-refractivity contribution >= 4 is 5.91 Å². The number of aliphatic hydroxyl groups is 1. The van der Waals surface area contributed by atoms with Crippen molar-refractivity contribution in [2.45, 2.75) is 72.1 Å². The van der Waals surface area contributed by atoms with Gasteiger partial charge in [-0.25, -0.2) is 0 Å². The number of aliphatic hydroxyl groups excluding tert-OH is 1. The first-order chi connectivity index (χ1) is 6.17. The van der Waals surface area contributed by atoms with E-state index in [0.29, 0.717) is 12.8 Å². The Morgan fingerprint density at radius 3 is 1.80 bits per heavy atom. The van der Waals surface area contributed by atoms with E-state index in [-0.39, 0.29) is 30.5 Å². The summed E-state index contributed by atoms with van der Waals surface area (Å²) >= 11 is 0. The molecule has 0 aromatic heterocycles. The van der Waals surface area contributed by atoms with Crippen molar-refractivity contribution < 1.29 is 9.90 Å². The molecule has 0 spiro atoms. The maximum Gasteiger partial charge on any atom is 0.220 e. The Labute approximate surface area is 93.5 Å². The highest BCUT2D eigenvalue weighted by Gasteiger charge is 2.46. The molecule has 0 aromatic rings. The van der Waals surface area contributed by atoms with Gasteiger partial charge in [0.15, 0.2) is 0 Å². The van der Waals surface area contributed by atoms with E-state index in [1.807, 2.05) is 32.6 Å². The Morgan fingerprint density at radius 2 is 1.53 bits per heavy atom. The molecule has 1 rings (SSSR count). The smallest absolute Gasteiger partial charge is 0.220 e. The summed E-state index contributed by atoms with van der Waals surface area (Å²) in [4.78, 5) is 13.5. The molecule has 0 aliphatic carbocycles. The molecule has 0 aromatic carbocycles. The minimum Gasteiger partial charge on any atom is -0.393 e. The lowest BCUT2D eigenvalue weighted by Crippen LogP contribution is -2.63. The lowest BCUT2D eigenvalue weighted by Gasteiger charge is -2.54. The lowest BCUT2D eigenvalue weighted by molar-refractivity contribution is -0.152. The molecule has 0 bridgehead atoms. The van der Waals surface area contributed by atoms with E-state index < -0.39 is 0 Å². The molecule has 90 valence electrons. The van der Waals surface area contributed by atoms with Crippen LogP contribution in [0.1, 0.15) is 54.9 Å². The van der Waals surface area contributed by atoms with E-state index in [9.17, 15) is 9.90 Å². The molecule has 3 nitrogen and oxygen atoms in total. The van der Waals surface area contributed by atoms with E-state index >= 15 is 0 Å². The van der Waals surface area contributed by atoms with Crippen molar-refractivity contribution in [3.63, 3.8) is 0 Å². The summed E-state index contributed by atoms with van der Waals surface area (Å²) in [6.45, 7) is 9.65. The number of carbonyl (C=O) groups is 1. The second-order valence-corrected chi connectivity index (χ2v) is 5.54. The Bertz CT molecular complexity index is 228. The summed E-state index contributed by atoms with van der Waals surface area (Å²) < 4.78 is 0. The van der Waals surface area contributed by atoms with Gasteiger partial charge in [0, 0.05) is 18.0 Å². The van der Waals surface area contributed by atoms with E-state index in [4.69, 9.17) is 0 Å². The molecule has 1 aliphatic rings. The Hall–Kier alpha value is -0.570. The molecule has 1 heterocycles. The van der Waals surface area contributed by atoms with Crippen LogP contribution in [0.3, 0.4) is 0 Å². The fourth-order valence-electron chi connectivity index (χ4n) is 3.08. The minimum atomic E-state index is -0.296. The summed E-state index contributed by atoms with van der Waals surface area (Å²) in [7, 11) is 0. The summed E-state index contributed by atoms with van der Waals surface area (Å²) in [5, 5.41) is 9.74. The average Bonchev–Trinajstić information content (AvgIpc) is 1.75. The fraction of sp³-hybridized carbons (Fsp3) is 0.917. The first kappa shape index (κ1) is 14.4. The van der Waals surface area contributed by atoms with Crippen molar-refractivity contribution in [3.8, 4) is 0 Å². The van der Waals surface area contributed by atoms with Gasteiger partial charge in [0.2, 0.25) is 5.91 Å². The lowest BCUT2D eigenvalue weighted by atomic mass is 9.78. The van der Waals surface area contributed by atoms with Crippen molar-refractivity contribution in [2.75, 3.05) is 0 Å². The monoisotopic (exact) mass is 215 g/mol. The molecule has 1 aliphatic heterocycles. The molecular formula is C12H25NO2. The first-order valence-electron chi connectivity index (χ1n) is 5.16. The predicted molar refractivity (Wildman–Crippen MR) is 62.6 cm³/mol. The Balaban J connectivity index is 0.00000196. The summed E-state index contributed by atoms with van der Waals surface area (Å²) in [5.41, 5.74) is -0.486. The zero-order valence-corrected chi connectivity index (χ0v) is 9.79. The SMILES string of the molecule is C.CC(=O)N1C(C)(C)CC(O)CC1(C)C. The maximum absolute atomic E-state index is 11.6. The average molecular weight is 215 g/mol. The van der Waals surface area contributed by atoms with Crippen molar-refractivity contribution in [2.24, 2.45) is 0 Å². The normalized spacial score (nSPS) is 24.5. The molecule has 1 saturated heterocycles. The van der Waals surface area contributed by atoms with Crippen LogP contribution in [0.5, 0.6) is 0 Å². The van der Waals surface area contributed by atoms with Crippen LogP contribution >= 0.6 is 0 Å². The standard InChI is InChI=1S/C11H21NO2.CH4/c1-8(13)12-10(2,3)6-9(14)7-11(12,4)5;/h9,14H,6-7H2,1-5H3;1H4. The molecule has 0 atom stereocenters. The van der Waals surface area contributed by atoms with Crippen molar-refractivity contribution in [1.82, 2.24) is 4.90 Å². The molecule has 0 saturated carbocycles. The van der Waals surface area contributed by atoms with Crippen molar-refractivity contribution in [1.29, 1.82) is 0 Å². The van der Waals surface area contributed by atoms with Crippen LogP contribution in [-0.4, -0.2) is 33.1 Å². The third-order valence-corrected chi connectivity index (χ3v) is 3.00. The van der Waals surface area contributed by atoms with Crippen LogP contribution < -0.4 is 0 Å². The van der Waals surface area contributed by atoms with Crippen LogP contribution in [0.2, 0.25) is 0 Å². The molecular weight excluding hydrogens is 190 g/mol. The van der Waals surface area contributed by atoms with Crippen LogP contribution in [0.15, 0.2) is 0 Å². The van der Waals surface area contributed by atoms with Gasteiger partial charge < -0.3 is 10.0 Å². The summed E-state index contributed by atoms with van der Waals surface area (Å²) in [6.07, 6.45) is 1.03. The first-order valence-corrected chi connectivity index (χ1v) is 5.16. The number of hydrogen-bond donors (Lipinski definition) is 1. The number of amides is 1. The number of carbonyl (C=O) groups excluding carboxylic acids is 1. The van der Waals surface area contributed by atoms with Gasteiger partial charge in [0.05, 0.1) is 6.10 Å². The van der Waals surface area contributed by atoms with Gasteiger partial charge in [-0.05, 0) is 40.5 Å². The summed E-state index contributed by atoms with van der Waals surface area (Å²) in [5.74, 6) is 0.0897. The third kappa shape index (κ3) is 2.71. The van der Waals surface area contributed by atoms with E-state index in [1.54, 1.807) is 6.92 Å². The van der Waals surface area contributed by atoms with Crippen LogP contribution in [0.4, 0.5) is 0 Å². The zero-order valence-electron chi connectivity index (χ0n) is 9.79. The van der Waals surface area contributed by atoms with Gasteiger partial charge in [0.1, 0.15) is 0 Å². The van der Waals surface area contributed by atoms with Crippen LogP contribution in [0.25, 0.3) is 0 Å². The van der Waals surface area contributed by atoms with Crippen LogP contribution in [0, 0.1) is 0 Å². The van der Waals surface area contributed by atoms with E-state index in [1.165, 1.54) is 0 Å². The highest BCUT2D eigenvalue weighted by atomic mass is 16.3. The van der Waals surface area contributed by atoms with Gasteiger partial charge in [-0.1, -0.05) is 7.43 Å². The van der Waals surface area contributed by atoms with Crippen molar-refractivity contribution in [3.05, 3.63) is 0 Å². The van der Waals surface area contributed by atoms with E-state index in [0.717, 1.165) is 0 Å². The van der Waals surface area contributed by atoms with Gasteiger partial charge in [-0.2, -0.15) is 0 Å². The highest BCUT2D eigenvalue weighted by Crippen LogP contribution is 2.38. The van der Waals surface area contributed by atoms with E-state index in [2.05, 4.69) is 0 Å². The molecule has 15 heavy (non-hydrogen) atoms. The van der Waals surface area contributed by atoms with Gasteiger partial charge in [-0.3, -0.25) is 4.79 Å². The topological polar surface area (TPSA) is 40.5 Å². The number of piperidine rings is 1. The summed E-state index contributed by atoms with van der Waals surface area (Å²) in [6, 6.07) is 0. The number of nitrogens with zero attached hydrogens (tertiary/aromatic N) is 1. The van der Waals surface area contributed by atoms with Gasteiger partial charge >= 0.3 is 0 Å².